The number of hydrogen-bond acceptors (Lipinski definition) is 3. The Morgan fingerprint density at radius 2 is 0.981 bits per heavy atom. The number of fused-ring (bicyclic) bond motifs is 13. The average Bonchev–Trinajstić information content (AvgIpc) is 3.90. The monoisotopic (exact) mass is 708 g/mol. The van der Waals surface area contributed by atoms with Crippen LogP contribution in [0.25, 0.3) is 112 Å². The van der Waals surface area contributed by atoms with Crippen LogP contribution in [0.15, 0.2) is 170 Å². The second-order valence-electron chi connectivity index (χ2n) is 13.9. The predicted molar refractivity (Wildman–Crippen MR) is 230 cm³/mol. The summed E-state index contributed by atoms with van der Waals surface area (Å²) in [4.78, 5) is 5.46. The van der Waals surface area contributed by atoms with Gasteiger partial charge >= 0.3 is 0 Å². The third-order valence-electron chi connectivity index (χ3n) is 11.0. The van der Waals surface area contributed by atoms with Crippen LogP contribution in [0.1, 0.15) is 0 Å². The number of thiophene rings is 2. The van der Waals surface area contributed by atoms with E-state index < -0.39 is 0 Å². The van der Waals surface area contributed by atoms with Gasteiger partial charge in [-0.15, -0.1) is 22.7 Å². The summed E-state index contributed by atoms with van der Waals surface area (Å²) in [6.07, 6.45) is 0. The zero-order valence-corrected chi connectivity index (χ0v) is 30.0. The van der Waals surface area contributed by atoms with Gasteiger partial charge in [0.1, 0.15) is 0 Å². The molecular formula is C49H28N2S2. The molecule has 0 aliphatic rings. The van der Waals surface area contributed by atoms with Gasteiger partial charge in [0.25, 0.3) is 0 Å². The van der Waals surface area contributed by atoms with Gasteiger partial charge in [0.15, 0.2) is 0 Å². The maximum absolute atomic E-state index is 5.46. The van der Waals surface area contributed by atoms with Gasteiger partial charge < -0.3 is 4.57 Å². The molecule has 12 aromatic rings. The Kier molecular flexibility index (Phi) is 6.12. The molecule has 12 rings (SSSR count). The van der Waals surface area contributed by atoms with E-state index in [0.717, 1.165) is 22.5 Å². The lowest BCUT2D eigenvalue weighted by molar-refractivity contribution is 1.18. The molecule has 0 bridgehead atoms. The summed E-state index contributed by atoms with van der Waals surface area (Å²) in [7, 11) is 0. The fourth-order valence-electron chi connectivity index (χ4n) is 8.63. The molecule has 0 N–H and O–H groups in total. The van der Waals surface area contributed by atoms with E-state index in [9.17, 15) is 0 Å². The zero-order chi connectivity index (χ0) is 34.6. The minimum Gasteiger partial charge on any atom is -0.309 e. The third-order valence-corrected chi connectivity index (χ3v) is 13.3. The van der Waals surface area contributed by atoms with Crippen molar-refractivity contribution in [2.45, 2.75) is 0 Å². The van der Waals surface area contributed by atoms with E-state index in [-0.39, 0.29) is 0 Å². The fourth-order valence-corrected chi connectivity index (χ4v) is 11.0. The first kappa shape index (κ1) is 29.3. The van der Waals surface area contributed by atoms with Crippen molar-refractivity contribution in [1.82, 2.24) is 9.55 Å². The maximum Gasteiger partial charge on any atom is 0.0788 e. The molecule has 53 heavy (non-hydrogen) atoms. The normalized spacial score (nSPS) is 12.2. The van der Waals surface area contributed by atoms with Crippen molar-refractivity contribution in [3.8, 4) is 28.1 Å². The van der Waals surface area contributed by atoms with Crippen LogP contribution in [0.2, 0.25) is 0 Å². The van der Waals surface area contributed by atoms with Crippen LogP contribution in [0.4, 0.5) is 0 Å². The molecule has 4 heterocycles. The van der Waals surface area contributed by atoms with Crippen LogP contribution in [0.3, 0.4) is 0 Å². The Balaban J connectivity index is 1.15. The molecule has 0 atom stereocenters. The minimum absolute atomic E-state index is 1.02. The Morgan fingerprint density at radius 3 is 1.74 bits per heavy atom. The summed E-state index contributed by atoms with van der Waals surface area (Å²) in [5.74, 6) is 0. The number of nitrogens with zero attached hydrogens (tertiary/aromatic N) is 2. The molecule has 0 spiro atoms. The summed E-state index contributed by atoms with van der Waals surface area (Å²) in [5, 5.41) is 11.4. The summed E-state index contributed by atoms with van der Waals surface area (Å²) < 4.78 is 7.61. The van der Waals surface area contributed by atoms with Crippen molar-refractivity contribution >= 4 is 106 Å². The highest BCUT2D eigenvalue weighted by molar-refractivity contribution is 7.26. The summed E-state index contributed by atoms with van der Waals surface area (Å²) in [6, 6.07) is 62.2. The average molecular weight is 709 g/mol. The fraction of sp³-hybridized carbons (Fsp3) is 0. The highest BCUT2D eigenvalue weighted by Gasteiger charge is 2.21. The van der Waals surface area contributed by atoms with E-state index in [1.54, 1.807) is 0 Å². The Bertz CT molecular complexity index is 3400. The van der Waals surface area contributed by atoms with Crippen molar-refractivity contribution < 1.29 is 0 Å². The van der Waals surface area contributed by atoms with Crippen LogP contribution in [0.5, 0.6) is 0 Å². The first-order chi connectivity index (χ1) is 26.3. The molecule has 4 aromatic heterocycles. The van der Waals surface area contributed by atoms with Gasteiger partial charge in [0, 0.05) is 84.1 Å². The molecule has 4 heteroatoms. The van der Waals surface area contributed by atoms with Crippen LogP contribution in [-0.4, -0.2) is 9.55 Å². The number of pyridine rings is 1. The van der Waals surface area contributed by atoms with E-state index in [2.05, 4.69) is 174 Å². The van der Waals surface area contributed by atoms with E-state index in [1.165, 1.54) is 89.4 Å². The smallest absolute Gasteiger partial charge is 0.0788 e. The second kappa shape index (κ2) is 11.1. The quantitative estimate of drug-likeness (QED) is 0.167. The summed E-state index contributed by atoms with van der Waals surface area (Å²) >= 11 is 3.75. The standard InChI is InChI=1S/C49H28N2S2/c1-6-16-40-35(14-1)46-39(48(50-40)30-23-26-45-38(27-30)34-13-4-9-19-43(34)52-45)28-37(49-47(46)36-15-5-10-20-44(36)53-49)29-21-24-31(25-22-29)51-41-17-7-2-11-32(41)33-12-3-8-18-42(33)51/h1-28H. The summed E-state index contributed by atoms with van der Waals surface area (Å²) in [6.45, 7) is 0. The molecule has 0 radical (unpaired) electrons. The van der Waals surface area contributed by atoms with Crippen molar-refractivity contribution in [3.05, 3.63) is 170 Å². The molecule has 8 aromatic carbocycles. The first-order valence-electron chi connectivity index (χ1n) is 18.0. The van der Waals surface area contributed by atoms with Crippen molar-refractivity contribution in [3.63, 3.8) is 0 Å². The highest BCUT2D eigenvalue weighted by Crippen LogP contribution is 2.48. The van der Waals surface area contributed by atoms with E-state index in [4.69, 9.17) is 4.98 Å². The molecular weight excluding hydrogens is 681 g/mol. The molecule has 2 nitrogen and oxygen atoms in total. The molecule has 246 valence electrons. The van der Waals surface area contributed by atoms with Crippen LogP contribution in [-0.2, 0) is 0 Å². The largest absolute Gasteiger partial charge is 0.309 e. The number of hydrogen-bond donors (Lipinski definition) is 0. The predicted octanol–water partition coefficient (Wildman–Crippen LogP) is 14.6. The highest BCUT2D eigenvalue weighted by atomic mass is 32.1. The van der Waals surface area contributed by atoms with Gasteiger partial charge in [-0.3, -0.25) is 0 Å². The van der Waals surface area contributed by atoms with Gasteiger partial charge in [-0.2, -0.15) is 0 Å². The van der Waals surface area contributed by atoms with Crippen molar-refractivity contribution in [2.24, 2.45) is 0 Å². The zero-order valence-electron chi connectivity index (χ0n) is 28.4. The third kappa shape index (κ3) is 4.22. The lowest BCUT2D eigenvalue weighted by Crippen LogP contribution is -1.94. The Hall–Kier alpha value is -6.33. The summed E-state index contributed by atoms with van der Waals surface area (Å²) in [5.41, 5.74) is 9.22. The van der Waals surface area contributed by atoms with Crippen LogP contribution >= 0.6 is 22.7 Å². The second-order valence-corrected chi connectivity index (χ2v) is 16.0. The maximum atomic E-state index is 5.46. The lowest BCUT2D eigenvalue weighted by atomic mass is 9.92. The number of benzene rings is 8. The van der Waals surface area contributed by atoms with Crippen molar-refractivity contribution in [2.75, 3.05) is 0 Å². The van der Waals surface area contributed by atoms with Gasteiger partial charge in [0.05, 0.1) is 22.2 Å². The molecule has 0 unspecified atom stereocenters. The topological polar surface area (TPSA) is 17.8 Å². The Labute approximate surface area is 312 Å². The van der Waals surface area contributed by atoms with Gasteiger partial charge in [-0.25, -0.2) is 4.98 Å². The molecule has 0 fully saturated rings. The Morgan fingerprint density at radius 1 is 0.396 bits per heavy atom. The number of rotatable bonds is 3. The molecule has 0 saturated heterocycles. The first-order valence-corrected chi connectivity index (χ1v) is 19.6. The number of para-hydroxylation sites is 3. The lowest BCUT2D eigenvalue weighted by Gasteiger charge is -2.15. The molecule has 0 aliphatic carbocycles. The van der Waals surface area contributed by atoms with Gasteiger partial charge in [-0.05, 0) is 66.2 Å². The SMILES string of the molecule is c1ccc2c(c1)nc(-c1ccc3sc4ccccc4c3c1)c1cc(-c3ccc(-n4c5ccccc5c5ccccc54)cc3)c3sc4ccccc4c3c12. The molecule has 0 aliphatic heterocycles. The van der Waals surface area contributed by atoms with E-state index in [1.807, 2.05) is 22.7 Å². The van der Waals surface area contributed by atoms with Crippen LogP contribution < -0.4 is 0 Å². The van der Waals surface area contributed by atoms with Gasteiger partial charge in [-0.1, -0.05) is 109 Å². The number of aromatic nitrogens is 2. The van der Waals surface area contributed by atoms with Gasteiger partial charge in [0.2, 0.25) is 0 Å². The molecule has 0 amide bonds. The van der Waals surface area contributed by atoms with Crippen LogP contribution in [0, 0.1) is 0 Å². The van der Waals surface area contributed by atoms with E-state index >= 15 is 0 Å². The van der Waals surface area contributed by atoms with Crippen molar-refractivity contribution in [1.29, 1.82) is 0 Å². The van der Waals surface area contributed by atoms with E-state index in [0.29, 0.717) is 0 Å². The molecule has 0 saturated carbocycles. The minimum atomic E-state index is 1.02.